The summed E-state index contributed by atoms with van der Waals surface area (Å²) >= 11 is 13.1. The summed E-state index contributed by atoms with van der Waals surface area (Å²) in [5.41, 5.74) is 1.38. The molecule has 62 valence electrons. The molecule has 0 saturated carbocycles. The maximum absolute atomic E-state index is 5.84. The number of aromatic nitrogens is 1. The Hall–Kier alpha value is -0.190. The minimum Gasteiger partial charge on any atom is -0.430 e. The van der Waals surface area contributed by atoms with Gasteiger partial charge in [0.25, 0.3) is 5.22 Å². The Morgan fingerprint density at radius 3 is 3.00 bits per heavy atom. The lowest BCUT2D eigenvalue weighted by molar-refractivity contribution is 0.490. The van der Waals surface area contributed by atoms with Crippen molar-refractivity contribution in [2.75, 3.05) is 0 Å². The summed E-state index contributed by atoms with van der Waals surface area (Å²) < 4.78 is 5.92. The van der Waals surface area contributed by atoms with Gasteiger partial charge in [0.05, 0.1) is 9.50 Å². The van der Waals surface area contributed by atoms with E-state index in [-0.39, 0.29) is 0 Å². The SMILES string of the molecule is Sc1nc2ccc(Cl)c(Br)c2o1. The van der Waals surface area contributed by atoms with Crippen LogP contribution in [0.4, 0.5) is 0 Å². The number of benzene rings is 1. The molecule has 0 spiro atoms. The third-order valence-corrected chi connectivity index (χ3v) is 2.96. The van der Waals surface area contributed by atoms with Crippen LogP contribution in [0.2, 0.25) is 5.02 Å². The lowest BCUT2D eigenvalue weighted by atomic mass is 10.3. The molecule has 0 unspecified atom stereocenters. The zero-order valence-corrected chi connectivity index (χ0v) is 8.95. The van der Waals surface area contributed by atoms with Crippen LogP contribution in [0, 0.1) is 0 Å². The van der Waals surface area contributed by atoms with Crippen LogP contribution in [0.15, 0.2) is 26.2 Å². The highest BCUT2D eigenvalue weighted by Gasteiger charge is 2.08. The highest BCUT2D eigenvalue weighted by atomic mass is 79.9. The average Bonchev–Trinajstić information content (AvgIpc) is 2.39. The zero-order chi connectivity index (χ0) is 8.72. The van der Waals surface area contributed by atoms with Gasteiger partial charge >= 0.3 is 0 Å². The Kier molecular flexibility index (Phi) is 2.06. The van der Waals surface area contributed by atoms with Gasteiger partial charge in [-0.15, -0.1) is 0 Å². The smallest absolute Gasteiger partial charge is 0.253 e. The van der Waals surface area contributed by atoms with Crippen LogP contribution in [-0.4, -0.2) is 4.98 Å². The quantitative estimate of drug-likeness (QED) is 0.737. The highest BCUT2D eigenvalue weighted by molar-refractivity contribution is 9.10. The largest absolute Gasteiger partial charge is 0.430 e. The molecule has 1 heterocycles. The maximum Gasteiger partial charge on any atom is 0.253 e. The standard InChI is InChI=1S/C7H3BrClNOS/c8-5-3(9)1-2-4-6(5)11-7(12)10-4/h1-2H,(H,10,12). The summed E-state index contributed by atoms with van der Waals surface area (Å²) in [4.78, 5) is 4.02. The molecule has 12 heavy (non-hydrogen) atoms. The number of fused-ring (bicyclic) bond motifs is 1. The Morgan fingerprint density at radius 2 is 2.25 bits per heavy atom. The topological polar surface area (TPSA) is 26.0 Å². The molecule has 2 rings (SSSR count). The maximum atomic E-state index is 5.84. The molecule has 0 aliphatic rings. The first-order chi connectivity index (χ1) is 5.68. The highest BCUT2D eigenvalue weighted by Crippen LogP contribution is 2.31. The van der Waals surface area contributed by atoms with Crippen LogP contribution < -0.4 is 0 Å². The summed E-state index contributed by atoms with van der Waals surface area (Å²) in [6.07, 6.45) is 0. The first-order valence-corrected chi connectivity index (χ1v) is 4.74. The molecule has 0 atom stereocenters. The Labute approximate surface area is 87.5 Å². The van der Waals surface area contributed by atoms with Crippen LogP contribution in [-0.2, 0) is 0 Å². The van der Waals surface area contributed by atoms with Gasteiger partial charge in [-0.1, -0.05) is 24.2 Å². The van der Waals surface area contributed by atoms with E-state index in [1.165, 1.54) is 0 Å². The first-order valence-electron chi connectivity index (χ1n) is 3.12. The van der Waals surface area contributed by atoms with Crippen molar-refractivity contribution < 1.29 is 4.42 Å². The molecular weight excluding hydrogens is 262 g/mol. The van der Waals surface area contributed by atoms with Gasteiger partial charge in [-0.05, 0) is 28.1 Å². The molecular formula is C7H3BrClNOS. The third-order valence-electron chi connectivity index (χ3n) is 1.44. The molecule has 5 heteroatoms. The molecule has 1 aromatic heterocycles. The number of hydrogen-bond acceptors (Lipinski definition) is 3. The first kappa shape index (κ1) is 8.41. The summed E-state index contributed by atoms with van der Waals surface area (Å²) in [5, 5.41) is 0.944. The number of rotatable bonds is 0. The van der Waals surface area contributed by atoms with Gasteiger partial charge in [-0.3, -0.25) is 0 Å². The number of nitrogens with zero attached hydrogens (tertiary/aromatic N) is 1. The predicted molar refractivity (Wildman–Crippen MR) is 54.0 cm³/mol. The Morgan fingerprint density at radius 1 is 1.50 bits per heavy atom. The molecule has 2 aromatic rings. The molecule has 0 aliphatic carbocycles. The molecule has 2 nitrogen and oxygen atoms in total. The van der Waals surface area contributed by atoms with Crippen LogP contribution in [0.1, 0.15) is 0 Å². The number of thiol groups is 1. The van der Waals surface area contributed by atoms with Gasteiger partial charge < -0.3 is 4.42 Å². The average molecular weight is 265 g/mol. The van der Waals surface area contributed by atoms with Crippen LogP contribution in [0.5, 0.6) is 0 Å². The Balaban J connectivity index is 2.89. The fraction of sp³-hybridized carbons (Fsp3) is 0. The van der Waals surface area contributed by atoms with Gasteiger partial charge in [-0.2, -0.15) is 0 Å². The number of halogens is 2. The van der Waals surface area contributed by atoms with E-state index in [2.05, 4.69) is 33.5 Å². The fourth-order valence-electron chi connectivity index (χ4n) is 0.924. The van der Waals surface area contributed by atoms with E-state index in [4.69, 9.17) is 16.0 Å². The number of hydrogen-bond donors (Lipinski definition) is 1. The van der Waals surface area contributed by atoms with E-state index < -0.39 is 0 Å². The van der Waals surface area contributed by atoms with Crippen LogP contribution in [0.3, 0.4) is 0 Å². The lowest BCUT2D eigenvalue weighted by Crippen LogP contribution is -1.70. The summed E-state index contributed by atoms with van der Waals surface area (Å²) in [6, 6.07) is 3.54. The van der Waals surface area contributed by atoms with Gasteiger partial charge in [0.15, 0.2) is 5.58 Å². The van der Waals surface area contributed by atoms with Crippen molar-refractivity contribution in [2.45, 2.75) is 5.22 Å². The van der Waals surface area contributed by atoms with E-state index in [1.54, 1.807) is 12.1 Å². The van der Waals surface area contributed by atoms with Crippen molar-refractivity contribution in [3.05, 3.63) is 21.6 Å². The van der Waals surface area contributed by atoms with Gasteiger partial charge in [0.1, 0.15) is 5.52 Å². The van der Waals surface area contributed by atoms with Crippen LogP contribution >= 0.6 is 40.2 Å². The molecule has 0 saturated heterocycles. The van der Waals surface area contributed by atoms with Crippen molar-refractivity contribution in [1.82, 2.24) is 4.98 Å². The lowest BCUT2D eigenvalue weighted by Gasteiger charge is -1.93. The monoisotopic (exact) mass is 263 g/mol. The summed E-state index contributed by atoms with van der Waals surface area (Å²) in [7, 11) is 0. The predicted octanol–water partition coefficient (Wildman–Crippen LogP) is 3.53. The molecule has 0 fully saturated rings. The van der Waals surface area contributed by atoms with Crippen molar-refractivity contribution in [3.63, 3.8) is 0 Å². The molecule has 0 radical (unpaired) electrons. The van der Waals surface area contributed by atoms with E-state index in [0.717, 1.165) is 9.99 Å². The molecule has 0 aliphatic heterocycles. The van der Waals surface area contributed by atoms with Crippen molar-refractivity contribution in [1.29, 1.82) is 0 Å². The van der Waals surface area contributed by atoms with Crippen LogP contribution in [0.25, 0.3) is 11.1 Å². The van der Waals surface area contributed by atoms with Gasteiger partial charge in [0, 0.05) is 0 Å². The molecule has 0 N–H and O–H groups in total. The molecule has 0 amide bonds. The summed E-state index contributed by atoms with van der Waals surface area (Å²) in [5.74, 6) is 0. The molecule has 1 aromatic carbocycles. The fourth-order valence-corrected chi connectivity index (χ4v) is 1.69. The third kappa shape index (κ3) is 1.24. The second-order valence-electron chi connectivity index (χ2n) is 2.21. The van der Waals surface area contributed by atoms with Crippen molar-refractivity contribution >= 4 is 51.3 Å². The van der Waals surface area contributed by atoms with Gasteiger partial charge in [-0.25, -0.2) is 4.98 Å². The minimum absolute atomic E-state index is 0.341. The van der Waals surface area contributed by atoms with E-state index in [1.807, 2.05) is 0 Å². The number of oxazole rings is 1. The Bertz CT molecular complexity index is 442. The van der Waals surface area contributed by atoms with Crippen molar-refractivity contribution in [2.24, 2.45) is 0 Å². The van der Waals surface area contributed by atoms with E-state index in [0.29, 0.717) is 15.8 Å². The zero-order valence-electron chi connectivity index (χ0n) is 5.71. The van der Waals surface area contributed by atoms with Crippen molar-refractivity contribution in [3.8, 4) is 0 Å². The van der Waals surface area contributed by atoms with E-state index in [9.17, 15) is 0 Å². The van der Waals surface area contributed by atoms with Gasteiger partial charge in [0.2, 0.25) is 0 Å². The normalized spacial score (nSPS) is 10.9. The molecule has 0 bridgehead atoms. The van der Waals surface area contributed by atoms with E-state index >= 15 is 0 Å². The summed E-state index contributed by atoms with van der Waals surface area (Å²) in [6.45, 7) is 0. The second kappa shape index (κ2) is 2.94. The second-order valence-corrected chi connectivity index (χ2v) is 3.79. The minimum atomic E-state index is 0.341.